The Labute approximate surface area is 199 Å². The van der Waals surface area contributed by atoms with Gasteiger partial charge in [0.25, 0.3) is 5.91 Å². The van der Waals surface area contributed by atoms with Crippen LogP contribution in [0.25, 0.3) is 11.0 Å². The van der Waals surface area contributed by atoms with Crippen LogP contribution in [0.4, 0.5) is 11.4 Å². The first-order chi connectivity index (χ1) is 16.7. The van der Waals surface area contributed by atoms with E-state index in [1.807, 2.05) is 35.7 Å². The van der Waals surface area contributed by atoms with Gasteiger partial charge < -0.3 is 24.4 Å². The summed E-state index contributed by atoms with van der Waals surface area (Å²) in [4.78, 5) is 15.8. The maximum absolute atomic E-state index is 12.9. The molecule has 6 rings (SSSR count). The largest absolute Gasteiger partial charge is 0.489 e. The minimum absolute atomic E-state index is 0.214. The summed E-state index contributed by atoms with van der Waals surface area (Å²) in [6, 6.07) is 11.1. The molecule has 2 aromatic heterocycles. The number of piperidine rings is 1. The molecule has 34 heavy (non-hydrogen) atoms. The Morgan fingerprint density at radius 1 is 1.03 bits per heavy atom. The van der Waals surface area contributed by atoms with Gasteiger partial charge in [-0.15, -0.1) is 11.3 Å². The highest BCUT2D eigenvalue weighted by Gasteiger charge is 2.20. The SMILES string of the molecule is O=C(Nc1ccc(N2CCCCC2)c2nonc12)c1cc(COc2ccc3c(c2)OCO3)cs1. The predicted molar refractivity (Wildman–Crippen MR) is 127 cm³/mol. The van der Waals surface area contributed by atoms with Crippen LogP contribution in [0.2, 0.25) is 0 Å². The van der Waals surface area contributed by atoms with E-state index < -0.39 is 0 Å². The number of carbonyl (C=O) groups excluding carboxylic acids is 1. The van der Waals surface area contributed by atoms with Gasteiger partial charge in [0.05, 0.1) is 16.3 Å². The molecule has 2 aliphatic rings. The van der Waals surface area contributed by atoms with Gasteiger partial charge in [0, 0.05) is 24.7 Å². The highest BCUT2D eigenvalue weighted by Crippen LogP contribution is 2.35. The van der Waals surface area contributed by atoms with E-state index in [9.17, 15) is 4.79 Å². The van der Waals surface area contributed by atoms with E-state index in [4.69, 9.17) is 18.8 Å². The van der Waals surface area contributed by atoms with E-state index in [1.54, 1.807) is 6.07 Å². The minimum atomic E-state index is -0.214. The van der Waals surface area contributed by atoms with Crippen molar-refractivity contribution in [1.29, 1.82) is 0 Å². The molecule has 9 nitrogen and oxygen atoms in total. The van der Waals surface area contributed by atoms with Crippen molar-refractivity contribution in [2.75, 3.05) is 30.1 Å². The van der Waals surface area contributed by atoms with Gasteiger partial charge in [-0.25, -0.2) is 4.63 Å². The highest BCUT2D eigenvalue weighted by atomic mass is 32.1. The summed E-state index contributed by atoms with van der Waals surface area (Å²) >= 11 is 1.36. The van der Waals surface area contributed by atoms with E-state index in [0.29, 0.717) is 45.5 Å². The molecule has 1 saturated heterocycles. The molecule has 10 heteroatoms. The number of ether oxygens (including phenoxy) is 3. The molecule has 2 aromatic carbocycles. The number of benzene rings is 2. The Kier molecular flexibility index (Phi) is 5.42. The van der Waals surface area contributed by atoms with Crippen LogP contribution >= 0.6 is 11.3 Å². The summed E-state index contributed by atoms with van der Waals surface area (Å²) in [6.45, 7) is 2.53. The second-order valence-electron chi connectivity index (χ2n) is 8.22. The van der Waals surface area contributed by atoms with Crippen molar-refractivity contribution >= 4 is 39.7 Å². The molecule has 1 N–H and O–H groups in total. The van der Waals surface area contributed by atoms with Crippen molar-refractivity contribution < 1.29 is 23.6 Å². The molecule has 0 bridgehead atoms. The van der Waals surface area contributed by atoms with Crippen LogP contribution in [0.5, 0.6) is 17.2 Å². The van der Waals surface area contributed by atoms with E-state index in [1.165, 1.54) is 17.8 Å². The summed E-state index contributed by atoms with van der Waals surface area (Å²) in [6.07, 6.45) is 3.56. The number of amides is 1. The lowest BCUT2D eigenvalue weighted by Crippen LogP contribution is -2.29. The maximum atomic E-state index is 12.9. The fourth-order valence-electron chi connectivity index (χ4n) is 4.23. The lowest BCUT2D eigenvalue weighted by molar-refractivity contribution is 0.103. The molecule has 0 radical (unpaired) electrons. The van der Waals surface area contributed by atoms with Crippen LogP contribution in [0, 0.1) is 0 Å². The van der Waals surface area contributed by atoms with Crippen LogP contribution in [-0.4, -0.2) is 36.1 Å². The van der Waals surface area contributed by atoms with Gasteiger partial charge >= 0.3 is 0 Å². The molecular weight excluding hydrogens is 456 g/mol. The number of thiophene rings is 1. The van der Waals surface area contributed by atoms with Gasteiger partial charge in [-0.2, -0.15) is 0 Å². The Bertz CT molecular complexity index is 1340. The second-order valence-corrected chi connectivity index (χ2v) is 9.13. The zero-order valence-electron chi connectivity index (χ0n) is 18.3. The number of carbonyl (C=O) groups is 1. The zero-order valence-corrected chi connectivity index (χ0v) is 19.1. The quantitative estimate of drug-likeness (QED) is 0.421. The Morgan fingerprint density at radius 2 is 1.88 bits per heavy atom. The van der Waals surface area contributed by atoms with Crippen LogP contribution in [0.3, 0.4) is 0 Å². The second kappa shape index (κ2) is 8.86. The number of rotatable bonds is 6. The molecule has 0 aliphatic carbocycles. The molecule has 0 saturated carbocycles. The van der Waals surface area contributed by atoms with Gasteiger partial charge in [-0.1, -0.05) is 0 Å². The molecule has 0 unspecified atom stereocenters. The first-order valence-corrected chi connectivity index (χ1v) is 12.0. The number of hydrogen-bond acceptors (Lipinski definition) is 9. The number of nitrogens with one attached hydrogen (secondary N) is 1. The average molecular weight is 479 g/mol. The molecule has 1 fully saturated rings. The van der Waals surface area contributed by atoms with Crippen LogP contribution in [0.1, 0.15) is 34.5 Å². The molecule has 0 atom stereocenters. The summed E-state index contributed by atoms with van der Waals surface area (Å²) < 4.78 is 21.6. The zero-order chi connectivity index (χ0) is 22.9. The Hall–Kier alpha value is -3.79. The normalized spacial score (nSPS) is 15.0. The number of nitrogens with zero attached hydrogens (tertiary/aromatic N) is 3. The summed E-state index contributed by atoms with van der Waals surface area (Å²) in [5.41, 5.74) is 3.70. The van der Waals surface area contributed by atoms with Crippen molar-refractivity contribution in [2.45, 2.75) is 25.9 Å². The third kappa shape index (κ3) is 4.01. The Balaban J connectivity index is 1.13. The summed E-state index contributed by atoms with van der Waals surface area (Å²) in [7, 11) is 0. The highest BCUT2D eigenvalue weighted by molar-refractivity contribution is 7.12. The number of anilines is 2. The van der Waals surface area contributed by atoms with Gasteiger partial charge in [-0.05, 0) is 65.3 Å². The van der Waals surface area contributed by atoms with Gasteiger partial charge in [-0.3, -0.25) is 4.79 Å². The standard InChI is InChI=1S/C24H22N4O5S/c29-24(21-10-15(13-34-21)12-30-16-4-7-19-20(11-16)32-14-31-19)25-17-5-6-18(23-22(17)26-33-27-23)28-8-2-1-3-9-28/h4-7,10-11,13H,1-3,8-9,12,14H2,(H,25,29). The number of aromatic nitrogens is 2. The molecule has 174 valence electrons. The van der Waals surface area contributed by atoms with Crippen molar-refractivity contribution in [2.24, 2.45) is 0 Å². The van der Waals surface area contributed by atoms with Gasteiger partial charge in [0.15, 0.2) is 22.5 Å². The van der Waals surface area contributed by atoms with Crippen molar-refractivity contribution in [3.63, 3.8) is 0 Å². The lowest BCUT2D eigenvalue weighted by atomic mass is 10.1. The third-order valence-electron chi connectivity index (χ3n) is 5.97. The van der Waals surface area contributed by atoms with Crippen molar-refractivity contribution in [1.82, 2.24) is 10.3 Å². The molecule has 1 amide bonds. The topological polar surface area (TPSA) is 99.0 Å². The summed E-state index contributed by atoms with van der Waals surface area (Å²) in [5, 5.41) is 13.0. The molecule has 4 aromatic rings. The monoisotopic (exact) mass is 478 g/mol. The van der Waals surface area contributed by atoms with Gasteiger partial charge in [0.2, 0.25) is 6.79 Å². The molecule has 0 spiro atoms. The maximum Gasteiger partial charge on any atom is 0.265 e. The van der Waals surface area contributed by atoms with Crippen LogP contribution < -0.4 is 24.4 Å². The first-order valence-electron chi connectivity index (χ1n) is 11.2. The van der Waals surface area contributed by atoms with Crippen molar-refractivity contribution in [3.8, 4) is 17.2 Å². The number of hydrogen-bond donors (Lipinski definition) is 1. The van der Waals surface area contributed by atoms with E-state index in [-0.39, 0.29) is 12.7 Å². The smallest absolute Gasteiger partial charge is 0.265 e. The fraction of sp³-hybridized carbons (Fsp3) is 0.292. The van der Waals surface area contributed by atoms with Crippen LogP contribution in [0.15, 0.2) is 46.4 Å². The molecule has 2 aliphatic heterocycles. The fourth-order valence-corrected chi connectivity index (χ4v) is 5.02. The Morgan fingerprint density at radius 3 is 2.79 bits per heavy atom. The van der Waals surface area contributed by atoms with E-state index >= 15 is 0 Å². The van der Waals surface area contributed by atoms with E-state index in [2.05, 4.69) is 20.5 Å². The third-order valence-corrected chi connectivity index (χ3v) is 6.94. The number of fused-ring (bicyclic) bond motifs is 2. The lowest BCUT2D eigenvalue weighted by Gasteiger charge is -2.28. The molecular formula is C24H22N4O5S. The molecule has 4 heterocycles. The average Bonchev–Trinajstić information content (AvgIpc) is 3.64. The van der Waals surface area contributed by atoms with E-state index in [0.717, 1.165) is 37.2 Å². The predicted octanol–water partition coefficient (Wildman–Crippen LogP) is 4.83. The van der Waals surface area contributed by atoms with Crippen molar-refractivity contribution in [3.05, 3.63) is 52.2 Å². The minimum Gasteiger partial charge on any atom is -0.489 e. The summed E-state index contributed by atoms with van der Waals surface area (Å²) in [5.74, 6) is 1.84. The van der Waals surface area contributed by atoms with Gasteiger partial charge in [0.1, 0.15) is 12.4 Å². The van der Waals surface area contributed by atoms with Crippen LogP contribution in [-0.2, 0) is 6.61 Å². The first kappa shape index (κ1) is 20.8.